The molecule has 0 aliphatic carbocycles. The van der Waals surface area contributed by atoms with Crippen LogP contribution in [0.3, 0.4) is 0 Å². The van der Waals surface area contributed by atoms with Crippen LogP contribution in [0.2, 0.25) is 0 Å². The Morgan fingerprint density at radius 3 is 2.71 bits per heavy atom. The highest BCUT2D eigenvalue weighted by molar-refractivity contribution is 5.50. The Labute approximate surface area is 81.9 Å². The molecule has 71 valence electrons. The predicted octanol–water partition coefficient (Wildman–Crippen LogP) is 2.40. The van der Waals surface area contributed by atoms with Crippen molar-refractivity contribution in [3.05, 3.63) is 46.4 Å². The zero-order chi connectivity index (χ0) is 10.7. The fourth-order valence-electron chi connectivity index (χ4n) is 1.11. The van der Waals surface area contributed by atoms with Crippen molar-refractivity contribution in [3.8, 4) is 6.07 Å². The van der Waals surface area contributed by atoms with Gasteiger partial charge in [0.1, 0.15) is 11.6 Å². The summed E-state index contributed by atoms with van der Waals surface area (Å²) in [5.41, 5.74) is 0.757. The lowest BCUT2D eigenvalue weighted by molar-refractivity contribution is -0.385. The molecule has 0 aliphatic heterocycles. The lowest BCUT2D eigenvalue weighted by Gasteiger charge is -2.04. The van der Waals surface area contributed by atoms with E-state index in [4.69, 9.17) is 5.26 Å². The van der Waals surface area contributed by atoms with Gasteiger partial charge in [-0.2, -0.15) is 5.26 Å². The molecule has 1 aromatic carbocycles. The number of nitro benzene ring substituents is 1. The molecule has 1 atom stereocenters. The Hall–Kier alpha value is -1.89. The van der Waals surface area contributed by atoms with E-state index in [1.807, 2.05) is 6.92 Å². The second-order valence-corrected chi connectivity index (χ2v) is 3.05. The van der Waals surface area contributed by atoms with E-state index in [1.54, 1.807) is 12.1 Å². The van der Waals surface area contributed by atoms with Crippen molar-refractivity contribution < 1.29 is 4.92 Å². The number of hydrogen-bond acceptors (Lipinski definition) is 3. The Bertz CT molecular complexity index is 405. The smallest absolute Gasteiger partial charge is 0.258 e. The predicted molar refractivity (Wildman–Crippen MR) is 51.6 cm³/mol. The van der Waals surface area contributed by atoms with E-state index < -0.39 is 4.92 Å². The second kappa shape index (κ2) is 3.88. The molecule has 0 saturated carbocycles. The first-order valence-electron chi connectivity index (χ1n) is 4.07. The van der Waals surface area contributed by atoms with Crippen molar-refractivity contribution in [3.63, 3.8) is 0 Å². The number of nitrogens with zero attached hydrogens (tertiary/aromatic N) is 2. The van der Waals surface area contributed by atoms with Crippen LogP contribution in [0.25, 0.3) is 0 Å². The van der Waals surface area contributed by atoms with E-state index in [-0.39, 0.29) is 17.2 Å². The van der Waals surface area contributed by atoms with E-state index in [0.717, 1.165) is 5.56 Å². The van der Waals surface area contributed by atoms with E-state index in [9.17, 15) is 10.1 Å². The topological polar surface area (TPSA) is 66.9 Å². The molecular weight excluding hydrogens is 180 g/mol. The first kappa shape index (κ1) is 10.2. The average Bonchev–Trinajstić information content (AvgIpc) is 2.16. The fraction of sp³-hybridized carbons (Fsp3) is 0.200. The van der Waals surface area contributed by atoms with Gasteiger partial charge in [-0.25, -0.2) is 0 Å². The first-order valence-corrected chi connectivity index (χ1v) is 4.07. The van der Waals surface area contributed by atoms with Crippen molar-refractivity contribution in [1.29, 1.82) is 5.26 Å². The van der Waals surface area contributed by atoms with Crippen LogP contribution in [-0.2, 0) is 0 Å². The Balaban J connectivity index is 3.27. The Morgan fingerprint density at radius 2 is 2.29 bits per heavy atom. The Kier molecular flexibility index (Phi) is 2.82. The van der Waals surface area contributed by atoms with Crippen LogP contribution in [-0.4, -0.2) is 4.92 Å². The van der Waals surface area contributed by atoms with Gasteiger partial charge in [-0.1, -0.05) is 13.0 Å². The van der Waals surface area contributed by atoms with E-state index in [2.05, 4.69) is 6.92 Å². The number of nitriles is 1. The fourth-order valence-corrected chi connectivity index (χ4v) is 1.11. The van der Waals surface area contributed by atoms with Crippen molar-refractivity contribution in [2.45, 2.75) is 12.8 Å². The second-order valence-electron chi connectivity index (χ2n) is 3.05. The van der Waals surface area contributed by atoms with Gasteiger partial charge < -0.3 is 0 Å². The van der Waals surface area contributed by atoms with Crippen LogP contribution < -0.4 is 0 Å². The number of benzene rings is 1. The number of rotatable bonds is 2. The molecule has 1 aromatic rings. The summed E-state index contributed by atoms with van der Waals surface area (Å²) < 4.78 is 0. The molecule has 4 heteroatoms. The molecule has 4 nitrogen and oxygen atoms in total. The molecule has 1 rings (SSSR count). The molecule has 0 heterocycles. The highest BCUT2D eigenvalue weighted by Crippen LogP contribution is 2.22. The summed E-state index contributed by atoms with van der Waals surface area (Å²) in [4.78, 5) is 9.94. The van der Waals surface area contributed by atoms with Gasteiger partial charge in [-0.15, -0.1) is 0 Å². The van der Waals surface area contributed by atoms with Gasteiger partial charge >= 0.3 is 0 Å². The van der Waals surface area contributed by atoms with Gasteiger partial charge in [0, 0.05) is 6.07 Å². The molecule has 0 amide bonds. The van der Waals surface area contributed by atoms with Gasteiger partial charge in [-0.3, -0.25) is 10.1 Å². The standard InChI is InChI=1S/C10H9N2O2/c1-7(2)8-3-4-10(12(13)14)9(5-8)6-11/h3-5,7H,1H2,2H3. The highest BCUT2D eigenvalue weighted by Gasteiger charge is 2.14. The van der Waals surface area contributed by atoms with E-state index in [0.29, 0.717) is 0 Å². The van der Waals surface area contributed by atoms with E-state index >= 15 is 0 Å². The first-order chi connectivity index (χ1) is 6.56. The van der Waals surface area contributed by atoms with Crippen LogP contribution in [0.1, 0.15) is 24.0 Å². The van der Waals surface area contributed by atoms with Crippen molar-refractivity contribution in [1.82, 2.24) is 0 Å². The molecular formula is C10H9N2O2. The molecule has 1 unspecified atom stereocenters. The summed E-state index contributed by atoms with van der Waals surface area (Å²) >= 11 is 0. The summed E-state index contributed by atoms with van der Waals surface area (Å²) in [6.45, 7) is 5.64. The third-order valence-electron chi connectivity index (χ3n) is 1.91. The van der Waals surface area contributed by atoms with Crippen molar-refractivity contribution in [2.75, 3.05) is 0 Å². The van der Waals surface area contributed by atoms with E-state index in [1.165, 1.54) is 12.1 Å². The molecule has 0 fully saturated rings. The SMILES string of the molecule is [CH2]C(C)c1ccc([N+](=O)[O-])c(C#N)c1. The zero-order valence-electron chi connectivity index (χ0n) is 7.73. The molecule has 0 aliphatic rings. The van der Waals surface area contributed by atoms with Crippen molar-refractivity contribution in [2.24, 2.45) is 0 Å². The minimum atomic E-state index is -0.559. The summed E-state index contributed by atoms with van der Waals surface area (Å²) in [7, 11) is 0. The molecule has 0 spiro atoms. The lowest BCUT2D eigenvalue weighted by atomic mass is 10.0. The quantitative estimate of drug-likeness (QED) is 0.530. The summed E-state index contributed by atoms with van der Waals surface area (Å²) in [6.07, 6.45) is 0. The third-order valence-corrected chi connectivity index (χ3v) is 1.91. The molecule has 0 bridgehead atoms. The monoisotopic (exact) mass is 189 g/mol. The van der Waals surface area contributed by atoms with Crippen LogP contribution in [0.4, 0.5) is 5.69 Å². The largest absolute Gasteiger partial charge is 0.287 e. The van der Waals surface area contributed by atoms with Gasteiger partial charge in [0.2, 0.25) is 0 Å². The minimum absolute atomic E-state index is 0.0166. The molecule has 0 aromatic heterocycles. The van der Waals surface area contributed by atoms with Crippen LogP contribution in [0.5, 0.6) is 0 Å². The van der Waals surface area contributed by atoms with Gasteiger partial charge in [0.25, 0.3) is 5.69 Å². The summed E-state index contributed by atoms with van der Waals surface area (Å²) in [6, 6.07) is 6.28. The molecule has 0 N–H and O–H groups in total. The summed E-state index contributed by atoms with van der Waals surface area (Å²) in [5.74, 6) is 0.0166. The zero-order valence-corrected chi connectivity index (χ0v) is 7.73. The third kappa shape index (κ3) is 1.88. The molecule has 14 heavy (non-hydrogen) atoms. The highest BCUT2D eigenvalue weighted by atomic mass is 16.6. The number of hydrogen-bond donors (Lipinski definition) is 0. The van der Waals surface area contributed by atoms with Crippen LogP contribution in [0.15, 0.2) is 18.2 Å². The summed E-state index contributed by atoms with van der Waals surface area (Å²) in [5, 5.41) is 19.2. The van der Waals surface area contributed by atoms with Gasteiger partial charge in [-0.05, 0) is 24.5 Å². The minimum Gasteiger partial charge on any atom is -0.258 e. The maximum atomic E-state index is 10.5. The Morgan fingerprint density at radius 1 is 1.64 bits per heavy atom. The van der Waals surface area contributed by atoms with Crippen LogP contribution in [0, 0.1) is 28.4 Å². The van der Waals surface area contributed by atoms with Crippen LogP contribution >= 0.6 is 0 Å². The molecule has 0 saturated heterocycles. The van der Waals surface area contributed by atoms with Gasteiger partial charge in [0.15, 0.2) is 0 Å². The van der Waals surface area contributed by atoms with Crippen molar-refractivity contribution >= 4 is 5.69 Å². The maximum absolute atomic E-state index is 10.5. The average molecular weight is 189 g/mol. The number of nitro groups is 1. The normalized spacial score (nSPS) is 9.86. The molecule has 1 radical (unpaired) electrons. The lowest BCUT2D eigenvalue weighted by Crippen LogP contribution is -1.95. The van der Waals surface area contributed by atoms with Gasteiger partial charge in [0.05, 0.1) is 4.92 Å². The maximum Gasteiger partial charge on any atom is 0.287 e.